The Balaban J connectivity index is 1.47. The molecule has 0 radical (unpaired) electrons. The Kier molecular flexibility index (Phi) is 3.52. The number of carbonyl (C=O) groups is 1. The van der Waals surface area contributed by atoms with Gasteiger partial charge < -0.3 is 0 Å². The van der Waals surface area contributed by atoms with Crippen molar-refractivity contribution in [2.45, 2.75) is 58.8 Å². The SMILES string of the molecule is C[C@]12CC(=O)CC1CC[C@@H]1[C@@H]2CC[C@]2(C)C(c3cncc(F)c3)=CC[C@@H]12. The monoisotopic (exact) mass is 353 g/mol. The highest BCUT2D eigenvalue weighted by Gasteiger charge is 2.60. The van der Waals surface area contributed by atoms with E-state index in [0.29, 0.717) is 29.5 Å². The molecule has 0 spiro atoms. The van der Waals surface area contributed by atoms with Crippen LogP contribution in [0.15, 0.2) is 24.5 Å². The van der Waals surface area contributed by atoms with Crippen LogP contribution in [0, 0.1) is 40.3 Å². The minimum Gasteiger partial charge on any atom is -0.300 e. The molecule has 3 fully saturated rings. The van der Waals surface area contributed by atoms with Crippen molar-refractivity contribution in [3.05, 3.63) is 35.9 Å². The van der Waals surface area contributed by atoms with E-state index in [4.69, 9.17) is 0 Å². The molecule has 3 heteroatoms. The molecule has 26 heavy (non-hydrogen) atoms. The first kappa shape index (κ1) is 16.6. The summed E-state index contributed by atoms with van der Waals surface area (Å²) in [5.74, 6) is 2.87. The number of ketones is 1. The number of nitrogens with zero attached hydrogens (tertiary/aromatic N) is 1. The Labute approximate surface area is 155 Å². The number of Topliss-reactive ketones (excluding diaryl/α,β-unsaturated/α-hetero) is 1. The topological polar surface area (TPSA) is 30.0 Å². The molecule has 6 atom stereocenters. The molecule has 1 unspecified atom stereocenters. The zero-order valence-electron chi connectivity index (χ0n) is 15.8. The van der Waals surface area contributed by atoms with Gasteiger partial charge in [-0.1, -0.05) is 19.9 Å². The molecule has 3 saturated carbocycles. The first-order valence-electron chi connectivity index (χ1n) is 10.2. The first-order valence-corrected chi connectivity index (χ1v) is 10.2. The Hall–Kier alpha value is -1.51. The van der Waals surface area contributed by atoms with Crippen LogP contribution in [0.4, 0.5) is 4.39 Å². The lowest BCUT2D eigenvalue weighted by Crippen LogP contribution is -2.49. The second kappa shape index (κ2) is 5.50. The second-order valence-corrected chi connectivity index (χ2v) is 9.78. The number of allylic oxidation sites excluding steroid dienone is 2. The molecule has 1 heterocycles. The van der Waals surface area contributed by atoms with Crippen molar-refractivity contribution < 1.29 is 9.18 Å². The molecule has 2 nitrogen and oxygen atoms in total. The third kappa shape index (κ3) is 2.15. The molecule has 0 bridgehead atoms. The lowest BCUT2D eigenvalue weighted by molar-refractivity contribution is -0.118. The van der Waals surface area contributed by atoms with E-state index in [9.17, 15) is 9.18 Å². The fourth-order valence-corrected chi connectivity index (χ4v) is 7.49. The van der Waals surface area contributed by atoms with Crippen molar-refractivity contribution in [2.75, 3.05) is 0 Å². The molecule has 1 aromatic rings. The summed E-state index contributed by atoms with van der Waals surface area (Å²) in [7, 11) is 0. The van der Waals surface area contributed by atoms with Crippen molar-refractivity contribution in [3.8, 4) is 0 Å². The maximum atomic E-state index is 13.8. The van der Waals surface area contributed by atoms with E-state index in [-0.39, 0.29) is 16.6 Å². The van der Waals surface area contributed by atoms with E-state index in [0.717, 1.165) is 31.2 Å². The van der Waals surface area contributed by atoms with Gasteiger partial charge in [0.15, 0.2) is 0 Å². The van der Waals surface area contributed by atoms with Crippen LogP contribution in [0.2, 0.25) is 0 Å². The molecule has 0 aromatic carbocycles. The number of carbonyl (C=O) groups excluding carboxylic acids is 1. The molecule has 0 N–H and O–H groups in total. The van der Waals surface area contributed by atoms with Crippen LogP contribution in [0.5, 0.6) is 0 Å². The zero-order valence-corrected chi connectivity index (χ0v) is 15.8. The normalized spacial score (nSPS) is 44.3. The lowest BCUT2D eigenvalue weighted by Gasteiger charge is -2.57. The highest BCUT2D eigenvalue weighted by atomic mass is 19.1. The third-order valence-electron chi connectivity index (χ3n) is 8.71. The number of aromatic nitrogens is 1. The van der Waals surface area contributed by atoms with E-state index >= 15 is 0 Å². The van der Waals surface area contributed by atoms with Crippen LogP contribution in [-0.4, -0.2) is 10.8 Å². The molecule has 4 aliphatic carbocycles. The first-order chi connectivity index (χ1) is 12.4. The summed E-state index contributed by atoms with van der Waals surface area (Å²) < 4.78 is 13.8. The zero-order chi connectivity index (χ0) is 18.1. The smallest absolute Gasteiger partial charge is 0.142 e. The summed E-state index contributed by atoms with van der Waals surface area (Å²) in [6, 6.07) is 1.65. The predicted molar refractivity (Wildman–Crippen MR) is 99.7 cm³/mol. The minimum atomic E-state index is -0.248. The van der Waals surface area contributed by atoms with Crippen molar-refractivity contribution in [2.24, 2.45) is 34.5 Å². The summed E-state index contributed by atoms with van der Waals surface area (Å²) in [6.45, 7) is 4.80. The van der Waals surface area contributed by atoms with Gasteiger partial charge in [0.1, 0.15) is 11.6 Å². The van der Waals surface area contributed by atoms with E-state index in [2.05, 4.69) is 24.9 Å². The average molecular weight is 353 g/mol. The summed E-state index contributed by atoms with van der Waals surface area (Å²) in [4.78, 5) is 16.3. The molecular formula is C23H28FNO. The van der Waals surface area contributed by atoms with E-state index in [1.807, 2.05) is 6.20 Å². The standard InChI is InChI=1S/C23H28FNO/c1-22-8-7-21-18(4-3-15-10-17(26)11-23(15,21)2)20(22)6-5-19(22)14-9-16(24)13-25-12-14/h5,9,12-13,15,18,20-21H,3-4,6-8,10-11H2,1-2H3/t15?,18-,20-,21-,22+,23-/m0/s1. The van der Waals surface area contributed by atoms with Crippen LogP contribution in [0.25, 0.3) is 5.57 Å². The van der Waals surface area contributed by atoms with E-state index in [1.165, 1.54) is 31.0 Å². The van der Waals surface area contributed by atoms with Crippen LogP contribution in [-0.2, 0) is 4.79 Å². The fraction of sp³-hybridized carbons (Fsp3) is 0.652. The summed E-state index contributed by atoms with van der Waals surface area (Å²) in [6.07, 6.45) is 13.0. The number of hydrogen-bond acceptors (Lipinski definition) is 2. The maximum Gasteiger partial charge on any atom is 0.142 e. The number of rotatable bonds is 1. The van der Waals surface area contributed by atoms with Crippen molar-refractivity contribution in [1.82, 2.24) is 4.98 Å². The molecule has 0 aliphatic heterocycles. The van der Waals surface area contributed by atoms with Crippen LogP contribution in [0.1, 0.15) is 64.4 Å². The highest BCUT2D eigenvalue weighted by molar-refractivity contribution is 5.82. The Bertz CT molecular complexity index is 801. The predicted octanol–water partition coefficient (Wildman–Crippen LogP) is 5.44. The van der Waals surface area contributed by atoms with Gasteiger partial charge >= 0.3 is 0 Å². The third-order valence-corrected chi connectivity index (χ3v) is 8.71. The van der Waals surface area contributed by atoms with Crippen molar-refractivity contribution in [3.63, 3.8) is 0 Å². The Morgan fingerprint density at radius 3 is 2.81 bits per heavy atom. The van der Waals surface area contributed by atoms with Crippen LogP contribution >= 0.6 is 0 Å². The minimum absolute atomic E-state index is 0.127. The summed E-state index contributed by atoms with van der Waals surface area (Å²) in [5, 5.41) is 0. The van der Waals surface area contributed by atoms with Gasteiger partial charge in [0.05, 0.1) is 6.20 Å². The van der Waals surface area contributed by atoms with Crippen LogP contribution < -0.4 is 0 Å². The Morgan fingerprint density at radius 2 is 2.00 bits per heavy atom. The second-order valence-electron chi connectivity index (χ2n) is 9.78. The van der Waals surface area contributed by atoms with Gasteiger partial charge in [-0.3, -0.25) is 9.78 Å². The lowest BCUT2D eigenvalue weighted by atomic mass is 9.47. The number of hydrogen-bond donors (Lipinski definition) is 0. The van der Waals surface area contributed by atoms with Gasteiger partial charge in [-0.15, -0.1) is 0 Å². The number of fused-ring (bicyclic) bond motifs is 5. The van der Waals surface area contributed by atoms with Gasteiger partial charge in [-0.2, -0.15) is 0 Å². The number of halogens is 1. The summed E-state index contributed by atoms with van der Waals surface area (Å²) in [5.41, 5.74) is 2.62. The quantitative estimate of drug-likeness (QED) is 0.673. The fourth-order valence-electron chi connectivity index (χ4n) is 7.49. The van der Waals surface area contributed by atoms with Gasteiger partial charge in [-0.05, 0) is 83.8 Å². The average Bonchev–Trinajstić information content (AvgIpc) is 3.10. The van der Waals surface area contributed by atoms with Gasteiger partial charge in [0.25, 0.3) is 0 Å². The van der Waals surface area contributed by atoms with Gasteiger partial charge in [0, 0.05) is 19.0 Å². The van der Waals surface area contributed by atoms with Gasteiger partial charge in [-0.25, -0.2) is 4.39 Å². The van der Waals surface area contributed by atoms with Gasteiger partial charge in [0.2, 0.25) is 0 Å². The largest absolute Gasteiger partial charge is 0.300 e. The molecule has 4 aliphatic rings. The molecule has 1 aromatic heterocycles. The summed E-state index contributed by atoms with van der Waals surface area (Å²) >= 11 is 0. The molecule has 0 amide bonds. The van der Waals surface area contributed by atoms with Crippen molar-refractivity contribution in [1.29, 1.82) is 0 Å². The van der Waals surface area contributed by atoms with E-state index < -0.39 is 0 Å². The van der Waals surface area contributed by atoms with E-state index in [1.54, 1.807) is 6.07 Å². The van der Waals surface area contributed by atoms with Crippen LogP contribution in [0.3, 0.4) is 0 Å². The Morgan fingerprint density at radius 1 is 1.15 bits per heavy atom. The highest BCUT2D eigenvalue weighted by Crippen LogP contribution is 2.67. The molecule has 0 saturated heterocycles. The molecular weight excluding hydrogens is 325 g/mol. The van der Waals surface area contributed by atoms with Crippen molar-refractivity contribution >= 4 is 11.4 Å². The maximum absolute atomic E-state index is 13.8. The molecule has 138 valence electrons. The number of pyridine rings is 1. The molecule has 5 rings (SSSR count).